The smallest absolute Gasteiger partial charge is 0.186 e. The second-order valence-corrected chi connectivity index (χ2v) is 9.51. The Morgan fingerprint density at radius 3 is 2.00 bits per heavy atom. The number of hydrogen-bond acceptors (Lipinski definition) is 4. The maximum absolute atomic E-state index is 12.9. The molecule has 0 aliphatic heterocycles. The molecule has 1 atom stereocenters. The molecule has 2 aromatic rings. The van der Waals surface area contributed by atoms with E-state index in [1.54, 1.807) is 62.0 Å². The Balaban J connectivity index is 2.40. The zero-order chi connectivity index (χ0) is 17.3. The molecular weight excluding hydrogens is 328 g/mol. The third-order valence-electron chi connectivity index (χ3n) is 4.11. The van der Waals surface area contributed by atoms with Gasteiger partial charge in [-0.05, 0) is 56.9 Å². The van der Waals surface area contributed by atoms with Gasteiger partial charge in [-0.2, -0.15) is 0 Å². The molecule has 2 rings (SSSR count). The first-order valence-electron chi connectivity index (χ1n) is 7.33. The van der Waals surface area contributed by atoms with Gasteiger partial charge in [0.25, 0.3) is 0 Å². The summed E-state index contributed by atoms with van der Waals surface area (Å²) in [6.07, 6.45) is 0.863. The average Bonchev–Trinajstić information content (AvgIpc) is 2.54. The maximum Gasteiger partial charge on any atom is 0.186 e. The molecule has 3 nitrogen and oxygen atoms in total. The highest BCUT2D eigenvalue weighted by molar-refractivity contribution is 7.98. The number of aryl methyl sites for hydroxylation is 1. The van der Waals surface area contributed by atoms with Crippen LogP contribution in [-0.4, -0.2) is 24.5 Å². The predicted octanol–water partition coefficient (Wildman–Crippen LogP) is 4.00. The lowest BCUT2D eigenvalue weighted by atomic mass is 9.98. The third kappa shape index (κ3) is 3.47. The van der Waals surface area contributed by atoms with Crippen LogP contribution in [0.2, 0.25) is 0 Å². The fourth-order valence-electron chi connectivity index (χ4n) is 2.36. The molecule has 2 aromatic carbocycles. The Morgan fingerprint density at radius 1 is 1.00 bits per heavy atom. The first-order chi connectivity index (χ1) is 10.7. The summed E-state index contributed by atoms with van der Waals surface area (Å²) in [6, 6.07) is 14.1. The molecule has 0 fully saturated rings. The number of rotatable bonds is 5. The van der Waals surface area contributed by atoms with E-state index in [1.165, 1.54) is 0 Å². The average molecular weight is 351 g/mol. The Bertz CT molecular complexity index is 761. The molecular formula is C18H22O3S2. The van der Waals surface area contributed by atoms with Crippen LogP contribution in [0.25, 0.3) is 0 Å². The fraction of sp³-hybridized carbons (Fsp3) is 0.333. The summed E-state index contributed by atoms with van der Waals surface area (Å²) in [6.45, 7) is 5.04. The largest absolute Gasteiger partial charge is 0.387 e. The lowest BCUT2D eigenvalue weighted by Crippen LogP contribution is -2.38. The summed E-state index contributed by atoms with van der Waals surface area (Å²) >= 11 is 1.60. The van der Waals surface area contributed by atoms with E-state index in [9.17, 15) is 13.5 Å². The van der Waals surface area contributed by atoms with Gasteiger partial charge < -0.3 is 5.11 Å². The van der Waals surface area contributed by atoms with E-state index in [4.69, 9.17) is 0 Å². The third-order valence-corrected chi connectivity index (χ3v) is 7.36. The van der Waals surface area contributed by atoms with Crippen molar-refractivity contribution in [2.45, 2.75) is 41.4 Å². The molecule has 0 aliphatic rings. The number of aliphatic hydroxyl groups excluding tert-OH is 1. The number of hydrogen-bond donors (Lipinski definition) is 1. The lowest BCUT2D eigenvalue weighted by Gasteiger charge is -2.30. The number of thioether (sulfide) groups is 1. The SMILES string of the molecule is CSc1ccc(C(O)C(C)(C)S(=O)(=O)c2ccc(C)cc2)cc1. The minimum atomic E-state index is -3.67. The highest BCUT2D eigenvalue weighted by Crippen LogP contribution is 2.37. The second kappa shape index (κ2) is 6.67. The molecule has 0 aromatic heterocycles. The van der Waals surface area contributed by atoms with Gasteiger partial charge in [0.2, 0.25) is 0 Å². The summed E-state index contributed by atoms with van der Waals surface area (Å²) in [5.41, 5.74) is 1.60. The molecule has 124 valence electrons. The molecule has 0 amide bonds. The van der Waals surface area contributed by atoms with E-state index in [-0.39, 0.29) is 4.90 Å². The van der Waals surface area contributed by atoms with Crippen LogP contribution in [0.1, 0.15) is 31.1 Å². The first-order valence-corrected chi connectivity index (χ1v) is 10.0. The van der Waals surface area contributed by atoms with Crippen molar-refractivity contribution < 1.29 is 13.5 Å². The highest BCUT2D eigenvalue weighted by Gasteiger charge is 2.42. The van der Waals surface area contributed by atoms with Gasteiger partial charge in [0.05, 0.1) is 11.0 Å². The number of aliphatic hydroxyl groups is 1. The maximum atomic E-state index is 12.9. The Morgan fingerprint density at radius 2 is 1.52 bits per heavy atom. The standard InChI is InChI=1S/C18H22O3S2/c1-13-5-11-16(12-6-13)23(20,21)18(2,3)17(19)14-7-9-15(22-4)10-8-14/h5-12,17,19H,1-4H3. The molecule has 0 heterocycles. The van der Waals surface area contributed by atoms with Gasteiger partial charge >= 0.3 is 0 Å². The van der Waals surface area contributed by atoms with Crippen LogP contribution in [0.5, 0.6) is 0 Å². The summed E-state index contributed by atoms with van der Waals surface area (Å²) in [5, 5.41) is 10.7. The molecule has 1 N–H and O–H groups in total. The Kier molecular flexibility index (Phi) is 5.23. The minimum absolute atomic E-state index is 0.230. The summed E-state index contributed by atoms with van der Waals surface area (Å²) in [5.74, 6) is 0. The van der Waals surface area contributed by atoms with Crippen molar-refractivity contribution in [1.29, 1.82) is 0 Å². The normalized spacial score (nSPS) is 13.8. The van der Waals surface area contributed by atoms with Crippen LogP contribution >= 0.6 is 11.8 Å². The topological polar surface area (TPSA) is 54.4 Å². The molecule has 0 aliphatic carbocycles. The molecule has 0 spiro atoms. The van der Waals surface area contributed by atoms with Crippen LogP contribution in [0, 0.1) is 6.92 Å². The molecule has 0 saturated heterocycles. The van der Waals surface area contributed by atoms with Crippen LogP contribution in [0.15, 0.2) is 58.3 Å². The van der Waals surface area contributed by atoms with Crippen LogP contribution in [0.4, 0.5) is 0 Å². The molecule has 0 radical (unpaired) electrons. The zero-order valence-electron chi connectivity index (χ0n) is 13.8. The highest BCUT2D eigenvalue weighted by atomic mass is 32.2. The first kappa shape index (κ1) is 18.0. The van der Waals surface area contributed by atoms with Gasteiger partial charge in [-0.1, -0.05) is 29.8 Å². The van der Waals surface area contributed by atoms with Crippen molar-refractivity contribution >= 4 is 21.6 Å². The van der Waals surface area contributed by atoms with Crippen LogP contribution < -0.4 is 0 Å². The van der Waals surface area contributed by atoms with E-state index in [0.29, 0.717) is 5.56 Å². The van der Waals surface area contributed by atoms with E-state index in [1.807, 2.05) is 25.3 Å². The van der Waals surface area contributed by atoms with Crippen molar-refractivity contribution in [2.75, 3.05) is 6.26 Å². The predicted molar refractivity (Wildman–Crippen MR) is 95.6 cm³/mol. The van der Waals surface area contributed by atoms with E-state index >= 15 is 0 Å². The summed E-state index contributed by atoms with van der Waals surface area (Å²) in [7, 11) is -3.67. The van der Waals surface area contributed by atoms with Gasteiger partial charge in [-0.3, -0.25) is 0 Å². The van der Waals surface area contributed by atoms with Crippen molar-refractivity contribution in [3.05, 3.63) is 59.7 Å². The van der Waals surface area contributed by atoms with Gasteiger partial charge in [0.1, 0.15) is 4.75 Å². The summed E-state index contributed by atoms with van der Waals surface area (Å²) in [4.78, 5) is 1.30. The minimum Gasteiger partial charge on any atom is -0.387 e. The lowest BCUT2D eigenvalue weighted by molar-refractivity contribution is 0.139. The number of sulfone groups is 1. The monoisotopic (exact) mass is 350 g/mol. The quantitative estimate of drug-likeness (QED) is 0.828. The van der Waals surface area contributed by atoms with Gasteiger partial charge in [0, 0.05) is 4.90 Å². The van der Waals surface area contributed by atoms with Crippen LogP contribution in [-0.2, 0) is 9.84 Å². The zero-order valence-corrected chi connectivity index (χ0v) is 15.4. The second-order valence-electron chi connectivity index (χ2n) is 6.10. The molecule has 1 unspecified atom stereocenters. The fourth-order valence-corrected chi connectivity index (χ4v) is 4.30. The van der Waals surface area contributed by atoms with Crippen molar-refractivity contribution in [1.82, 2.24) is 0 Å². The number of benzene rings is 2. The summed E-state index contributed by atoms with van der Waals surface area (Å²) < 4.78 is 24.5. The van der Waals surface area contributed by atoms with E-state index in [0.717, 1.165) is 10.5 Å². The van der Waals surface area contributed by atoms with Crippen molar-refractivity contribution in [2.24, 2.45) is 0 Å². The molecule has 23 heavy (non-hydrogen) atoms. The van der Waals surface area contributed by atoms with Gasteiger partial charge in [-0.15, -0.1) is 11.8 Å². The van der Waals surface area contributed by atoms with E-state index in [2.05, 4.69) is 0 Å². The molecule has 0 bridgehead atoms. The van der Waals surface area contributed by atoms with Crippen molar-refractivity contribution in [3.8, 4) is 0 Å². The van der Waals surface area contributed by atoms with Crippen molar-refractivity contribution in [3.63, 3.8) is 0 Å². The van der Waals surface area contributed by atoms with Crippen LogP contribution in [0.3, 0.4) is 0 Å². The molecule has 5 heteroatoms. The Labute approximate surface area is 142 Å². The van der Waals surface area contributed by atoms with Gasteiger partial charge in [0.15, 0.2) is 9.84 Å². The Hall–Kier alpha value is -1.30. The molecule has 0 saturated carbocycles. The van der Waals surface area contributed by atoms with Gasteiger partial charge in [-0.25, -0.2) is 8.42 Å². The van der Waals surface area contributed by atoms with E-state index < -0.39 is 20.7 Å².